The summed E-state index contributed by atoms with van der Waals surface area (Å²) in [5.74, 6) is 0. The summed E-state index contributed by atoms with van der Waals surface area (Å²) in [6, 6.07) is 0. The highest BCUT2D eigenvalue weighted by molar-refractivity contribution is 5.33. The van der Waals surface area contributed by atoms with Crippen LogP contribution < -0.4 is 0 Å². The van der Waals surface area contributed by atoms with Crippen LogP contribution in [0.3, 0.4) is 0 Å². The summed E-state index contributed by atoms with van der Waals surface area (Å²) in [5, 5.41) is 0. The van der Waals surface area contributed by atoms with E-state index in [9.17, 15) is 0 Å². The fourth-order valence-corrected chi connectivity index (χ4v) is 1.50. The van der Waals surface area contributed by atoms with E-state index in [1.54, 1.807) is 0 Å². The largest absolute Gasteiger partial charge is 0.0732 e. The first-order chi connectivity index (χ1) is 8.93. The van der Waals surface area contributed by atoms with Crippen LogP contribution in [-0.2, 0) is 0 Å². The minimum absolute atomic E-state index is 1.42. The van der Waals surface area contributed by atoms with Gasteiger partial charge >= 0.3 is 0 Å². The van der Waals surface area contributed by atoms with Gasteiger partial charge in [-0.25, -0.2) is 0 Å². The third-order valence-electron chi connectivity index (χ3n) is 4.12. The molecule has 0 aromatic carbocycles. The Kier molecular flexibility index (Phi) is 10.4. The number of hydrogen-bond acceptors (Lipinski definition) is 0. The summed E-state index contributed by atoms with van der Waals surface area (Å²) in [7, 11) is 0. The van der Waals surface area contributed by atoms with Crippen LogP contribution in [0.4, 0.5) is 0 Å². The first kappa shape index (κ1) is 21.3. The molecule has 0 saturated heterocycles. The van der Waals surface area contributed by atoms with Gasteiger partial charge in [-0.15, -0.1) is 0 Å². The summed E-state index contributed by atoms with van der Waals surface area (Å²) in [6.07, 6.45) is 0. The lowest BCUT2D eigenvalue weighted by Gasteiger charge is -2.05. The summed E-state index contributed by atoms with van der Waals surface area (Å²) < 4.78 is 0. The molecule has 0 aliphatic heterocycles. The van der Waals surface area contributed by atoms with Crippen LogP contribution in [0.25, 0.3) is 0 Å². The summed E-state index contributed by atoms with van der Waals surface area (Å²) >= 11 is 0. The molecule has 20 heavy (non-hydrogen) atoms. The molecule has 0 N–H and O–H groups in total. The van der Waals surface area contributed by atoms with Gasteiger partial charge in [-0.05, 0) is 105 Å². The molecule has 0 atom stereocenters. The molecule has 0 aromatic rings. The van der Waals surface area contributed by atoms with Crippen LogP contribution in [0.2, 0.25) is 0 Å². The van der Waals surface area contributed by atoms with Gasteiger partial charge in [0, 0.05) is 0 Å². The van der Waals surface area contributed by atoms with Crippen molar-refractivity contribution in [3.8, 4) is 0 Å². The fourth-order valence-electron chi connectivity index (χ4n) is 1.50. The van der Waals surface area contributed by atoms with Gasteiger partial charge in [-0.3, -0.25) is 0 Å². The van der Waals surface area contributed by atoms with Gasteiger partial charge in [0.2, 0.25) is 0 Å². The van der Waals surface area contributed by atoms with Crippen molar-refractivity contribution in [1.82, 2.24) is 0 Å². The van der Waals surface area contributed by atoms with Crippen LogP contribution in [0.5, 0.6) is 0 Å². The lowest BCUT2D eigenvalue weighted by atomic mass is 10.0. The highest BCUT2D eigenvalue weighted by atomic mass is 14.0. The monoisotopic (exact) mass is 276 g/mol. The maximum atomic E-state index is 2.18. The summed E-state index contributed by atoms with van der Waals surface area (Å²) in [5.41, 5.74) is 11.4. The van der Waals surface area contributed by atoms with Gasteiger partial charge in [0.25, 0.3) is 0 Å². The van der Waals surface area contributed by atoms with E-state index in [0.29, 0.717) is 0 Å². The quantitative estimate of drug-likeness (QED) is 0.461. The normalized spacial score (nSPS) is 9.00. The van der Waals surface area contributed by atoms with Crippen LogP contribution in [0.15, 0.2) is 44.6 Å². The molecule has 0 saturated carbocycles. The van der Waals surface area contributed by atoms with Crippen molar-refractivity contribution >= 4 is 0 Å². The standard InChI is InChI=1S/2C10H18/c2*1-7(2)9(5)10(6)8(3)4/h2*1-6H3. The van der Waals surface area contributed by atoms with Crippen molar-refractivity contribution in [1.29, 1.82) is 0 Å². The Labute approximate surface area is 128 Å². The predicted octanol–water partition coefficient (Wildman–Crippen LogP) is 7.40. The molecular weight excluding hydrogens is 240 g/mol. The first-order valence-corrected chi connectivity index (χ1v) is 7.50. The molecule has 0 aliphatic carbocycles. The molecule has 0 unspecified atom stereocenters. The van der Waals surface area contributed by atoms with Gasteiger partial charge in [0.05, 0.1) is 0 Å². The summed E-state index contributed by atoms with van der Waals surface area (Å²) in [6.45, 7) is 25.9. The van der Waals surface area contributed by atoms with E-state index in [1.165, 1.54) is 44.6 Å². The lowest BCUT2D eigenvalue weighted by molar-refractivity contribution is 1.17. The Morgan fingerprint density at radius 2 is 0.350 bits per heavy atom. The van der Waals surface area contributed by atoms with Gasteiger partial charge in [-0.1, -0.05) is 22.3 Å². The van der Waals surface area contributed by atoms with E-state index in [0.717, 1.165) is 0 Å². The highest BCUT2D eigenvalue weighted by Crippen LogP contribution is 2.17. The zero-order valence-electron chi connectivity index (χ0n) is 16.0. The smallest absolute Gasteiger partial charge is 0.0396 e. The van der Waals surface area contributed by atoms with E-state index >= 15 is 0 Å². The van der Waals surface area contributed by atoms with Crippen molar-refractivity contribution in [3.63, 3.8) is 0 Å². The van der Waals surface area contributed by atoms with Crippen molar-refractivity contribution in [2.24, 2.45) is 0 Å². The van der Waals surface area contributed by atoms with Crippen molar-refractivity contribution in [3.05, 3.63) is 44.6 Å². The molecule has 0 radical (unpaired) electrons. The molecule has 0 amide bonds. The zero-order chi connectivity index (χ0) is 16.6. The summed E-state index contributed by atoms with van der Waals surface area (Å²) in [4.78, 5) is 0. The molecule has 0 heterocycles. The molecule has 0 bridgehead atoms. The Balaban J connectivity index is 0. The van der Waals surface area contributed by atoms with Gasteiger partial charge in [0.1, 0.15) is 0 Å². The van der Waals surface area contributed by atoms with Gasteiger partial charge < -0.3 is 0 Å². The van der Waals surface area contributed by atoms with E-state index in [2.05, 4.69) is 83.1 Å². The zero-order valence-corrected chi connectivity index (χ0v) is 16.0. The molecule has 116 valence electrons. The van der Waals surface area contributed by atoms with E-state index in [-0.39, 0.29) is 0 Å². The van der Waals surface area contributed by atoms with E-state index in [4.69, 9.17) is 0 Å². The van der Waals surface area contributed by atoms with Crippen LogP contribution >= 0.6 is 0 Å². The third kappa shape index (κ3) is 8.19. The number of allylic oxidation sites excluding steroid dienone is 8. The maximum Gasteiger partial charge on any atom is -0.0396 e. The topological polar surface area (TPSA) is 0 Å². The van der Waals surface area contributed by atoms with Crippen LogP contribution in [-0.4, -0.2) is 0 Å². The fraction of sp³-hybridized carbons (Fsp3) is 0.600. The minimum Gasteiger partial charge on any atom is -0.0732 e. The molecule has 0 rings (SSSR count). The van der Waals surface area contributed by atoms with Gasteiger partial charge in [0.15, 0.2) is 0 Å². The second-order valence-electron chi connectivity index (χ2n) is 6.50. The van der Waals surface area contributed by atoms with Crippen molar-refractivity contribution < 1.29 is 0 Å². The third-order valence-corrected chi connectivity index (χ3v) is 4.12. The maximum absolute atomic E-state index is 2.18. The average molecular weight is 277 g/mol. The molecule has 0 spiro atoms. The second-order valence-corrected chi connectivity index (χ2v) is 6.50. The Bertz CT molecular complexity index is 344. The Morgan fingerprint density at radius 1 is 0.250 bits per heavy atom. The average Bonchev–Trinajstić information content (AvgIpc) is 2.35. The second kappa shape index (κ2) is 9.80. The molecule has 0 heteroatoms. The Morgan fingerprint density at radius 3 is 0.400 bits per heavy atom. The minimum atomic E-state index is 1.42. The van der Waals surface area contributed by atoms with Crippen LogP contribution in [0.1, 0.15) is 83.1 Å². The number of rotatable bonds is 2. The Hall–Kier alpha value is -1.04. The van der Waals surface area contributed by atoms with E-state index < -0.39 is 0 Å². The SMILES string of the molecule is CC(C)=C(C)C(C)=C(C)C.CC(C)=C(C)C(C)=C(C)C. The molecule has 0 nitrogen and oxygen atoms in total. The molecule has 0 aromatic heterocycles. The first-order valence-electron chi connectivity index (χ1n) is 7.50. The van der Waals surface area contributed by atoms with Gasteiger partial charge in [-0.2, -0.15) is 0 Å². The van der Waals surface area contributed by atoms with Crippen LogP contribution in [0, 0.1) is 0 Å². The highest BCUT2D eigenvalue weighted by Gasteiger charge is 1.96. The molecule has 0 fully saturated rings. The van der Waals surface area contributed by atoms with E-state index in [1.807, 2.05) is 0 Å². The lowest BCUT2D eigenvalue weighted by Crippen LogP contribution is -1.85. The number of hydrogen-bond donors (Lipinski definition) is 0. The predicted molar refractivity (Wildman–Crippen MR) is 96.2 cm³/mol. The molecule has 0 aliphatic rings. The van der Waals surface area contributed by atoms with Crippen molar-refractivity contribution in [2.75, 3.05) is 0 Å². The molecular formula is C20H36. The van der Waals surface area contributed by atoms with Crippen molar-refractivity contribution in [2.45, 2.75) is 83.1 Å².